The molecule has 4 atom stereocenters. The highest BCUT2D eigenvalue weighted by Crippen LogP contribution is 2.48. The molecule has 1 aromatic carbocycles. The van der Waals surface area contributed by atoms with Gasteiger partial charge in [0.25, 0.3) is 0 Å². The Labute approximate surface area is 239 Å². The van der Waals surface area contributed by atoms with Crippen LogP contribution in [0.4, 0.5) is 5.82 Å². The summed E-state index contributed by atoms with van der Waals surface area (Å²) in [5.41, 5.74) is 10.8. The molecule has 11 nitrogen and oxygen atoms in total. The van der Waals surface area contributed by atoms with Gasteiger partial charge in [-0.2, -0.15) is 0 Å². The second-order valence-electron chi connectivity index (χ2n) is 12.9. The molecular weight excluding hydrogens is 520 g/mol. The van der Waals surface area contributed by atoms with E-state index in [2.05, 4.69) is 63.8 Å². The number of rotatable bonds is 9. The number of aliphatic hydroxyl groups is 2. The molecule has 0 bridgehead atoms. The number of ether oxygens (including phenoxy) is 1. The van der Waals surface area contributed by atoms with E-state index in [-0.39, 0.29) is 11.9 Å². The first-order valence-corrected chi connectivity index (χ1v) is 14.9. The van der Waals surface area contributed by atoms with Crippen molar-refractivity contribution in [3.8, 4) is 0 Å². The summed E-state index contributed by atoms with van der Waals surface area (Å²) in [6, 6.07) is 7.40. The van der Waals surface area contributed by atoms with Gasteiger partial charge in [-0.3, -0.25) is 9.47 Å². The molecule has 0 radical (unpaired) electrons. The molecule has 3 aliphatic rings. The summed E-state index contributed by atoms with van der Waals surface area (Å²) in [7, 11) is 0. The summed E-state index contributed by atoms with van der Waals surface area (Å²) in [6.07, 6.45) is 6.24. The number of nitrogens with one attached hydrogen (secondary N) is 1. The summed E-state index contributed by atoms with van der Waals surface area (Å²) in [5, 5.41) is 21.8. The number of anilines is 1. The van der Waals surface area contributed by atoms with Gasteiger partial charge in [0.05, 0.1) is 17.4 Å². The molecule has 7 rings (SSSR count). The summed E-state index contributed by atoms with van der Waals surface area (Å²) in [4.78, 5) is 23.4. The lowest BCUT2D eigenvalue weighted by Crippen LogP contribution is -2.52. The Morgan fingerprint density at radius 1 is 1.17 bits per heavy atom. The Hall–Kier alpha value is -3.12. The maximum absolute atomic E-state index is 10.9. The number of aromatic nitrogens is 6. The Balaban J connectivity index is 0.958. The van der Waals surface area contributed by atoms with Gasteiger partial charge in [-0.1, -0.05) is 13.0 Å². The third-order valence-corrected chi connectivity index (χ3v) is 9.75. The van der Waals surface area contributed by atoms with Gasteiger partial charge in [-0.15, -0.1) is 0 Å². The van der Waals surface area contributed by atoms with Crippen LogP contribution in [0.15, 0.2) is 30.9 Å². The number of aromatic amines is 1. The number of fused-ring (bicyclic) bond motifs is 2. The number of nitrogens with zero attached hydrogens (tertiary/aromatic N) is 6. The van der Waals surface area contributed by atoms with Crippen LogP contribution in [0, 0.1) is 5.92 Å². The smallest absolute Gasteiger partial charge is 0.167 e. The minimum absolute atomic E-state index is 0.265. The lowest BCUT2D eigenvalue weighted by Gasteiger charge is -2.46. The van der Waals surface area contributed by atoms with Gasteiger partial charge in [0.15, 0.2) is 17.7 Å². The lowest BCUT2D eigenvalue weighted by molar-refractivity contribution is -0.0620. The molecule has 2 aliphatic carbocycles. The van der Waals surface area contributed by atoms with E-state index in [9.17, 15) is 10.2 Å². The standard InChI is InChI=1S/C30H40N8O3/c1-16(2)37(13-22-25(39)26(40)29(41-22)38-15-34-24-27(31)32-14-33-28(24)38)19-10-17(11-19)4-7-23-35-20-6-5-18(12-21(20)36-23)30(3)8-9-30/h5-6,12,14-17,19,22,25-26,29,39-40H,4,7-11,13H2,1-3H3,(H,35,36)(H2,31,32,33)/t17?,19?,22-,25+,26+,29-/m1/s1. The quantitative estimate of drug-likeness (QED) is 0.242. The van der Waals surface area contributed by atoms with Gasteiger partial charge in [0.2, 0.25) is 0 Å². The second-order valence-corrected chi connectivity index (χ2v) is 12.9. The number of benzene rings is 1. The van der Waals surface area contributed by atoms with Crippen molar-refractivity contribution in [3.05, 3.63) is 42.2 Å². The average molecular weight is 561 g/mol. The number of aliphatic hydroxyl groups excluding tert-OH is 2. The van der Waals surface area contributed by atoms with Gasteiger partial charge in [-0.05, 0) is 75.0 Å². The topological polar surface area (TPSA) is 151 Å². The van der Waals surface area contributed by atoms with Gasteiger partial charge in [-0.25, -0.2) is 19.9 Å². The fourth-order valence-electron chi connectivity index (χ4n) is 6.74. The summed E-state index contributed by atoms with van der Waals surface area (Å²) in [5.74, 6) is 1.98. The van der Waals surface area contributed by atoms with Crippen LogP contribution < -0.4 is 5.73 Å². The zero-order valence-electron chi connectivity index (χ0n) is 23.9. The molecule has 0 amide bonds. The SMILES string of the molecule is CC(C)N(C[C@H]1O[C@@H](n2cnc3c(N)ncnc32)[C@@H](O)[C@H]1O)C1CC(CCc2nc3ccc(C4(C)CC4)cc3[nH]2)C1. The van der Waals surface area contributed by atoms with E-state index in [4.69, 9.17) is 15.5 Å². The molecule has 4 heterocycles. The normalized spacial score (nSPS) is 29.1. The van der Waals surface area contributed by atoms with Gasteiger partial charge in [0.1, 0.15) is 36.0 Å². The number of aryl methyl sites for hydroxylation is 1. The van der Waals surface area contributed by atoms with Crippen molar-refractivity contribution in [1.29, 1.82) is 0 Å². The highest BCUT2D eigenvalue weighted by Gasteiger charge is 2.46. The third-order valence-electron chi connectivity index (χ3n) is 9.75. The summed E-state index contributed by atoms with van der Waals surface area (Å²) in [6.45, 7) is 7.23. The van der Waals surface area contributed by atoms with Crippen molar-refractivity contribution in [3.63, 3.8) is 0 Å². The Kier molecular flexibility index (Phi) is 6.53. The summed E-state index contributed by atoms with van der Waals surface area (Å²) >= 11 is 0. The number of nitrogen functional groups attached to an aromatic ring is 1. The number of imidazole rings is 2. The van der Waals surface area contributed by atoms with Crippen LogP contribution in [0.25, 0.3) is 22.2 Å². The molecule has 1 saturated heterocycles. The van der Waals surface area contributed by atoms with Crippen LogP contribution in [0.5, 0.6) is 0 Å². The Bertz CT molecular complexity index is 1560. The van der Waals surface area contributed by atoms with Crippen molar-refractivity contribution in [2.24, 2.45) is 5.92 Å². The predicted octanol–water partition coefficient (Wildman–Crippen LogP) is 3.08. The first-order valence-electron chi connectivity index (χ1n) is 14.9. The molecule has 0 unspecified atom stereocenters. The van der Waals surface area contributed by atoms with Crippen LogP contribution >= 0.6 is 0 Å². The highest BCUT2D eigenvalue weighted by molar-refractivity contribution is 5.81. The van der Waals surface area contributed by atoms with Crippen LogP contribution in [0.2, 0.25) is 0 Å². The Morgan fingerprint density at radius 2 is 1.98 bits per heavy atom. The van der Waals surface area contributed by atoms with Crippen LogP contribution in [-0.4, -0.2) is 81.5 Å². The van der Waals surface area contributed by atoms with Crippen molar-refractivity contribution < 1.29 is 14.9 Å². The first-order chi connectivity index (χ1) is 19.7. The van der Waals surface area contributed by atoms with E-state index < -0.39 is 24.5 Å². The lowest BCUT2D eigenvalue weighted by atomic mass is 9.76. The van der Waals surface area contributed by atoms with Crippen molar-refractivity contribution >= 4 is 28.0 Å². The zero-order chi connectivity index (χ0) is 28.5. The second kappa shape index (κ2) is 10.0. The van der Waals surface area contributed by atoms with E-state index in [0.717, 1.165) is 42.5 Å². The van der Waals surface area contributed by atoms with Crippen LogP contribution in [0.3, 0.4) is 0 Å². The molecule has 11 heteroatoms. The average Bonchev–Trinajstić information content (AvgIpc) is 3.24. The van der Waals surface area contributed by atoms with E-state index >= 15 is 0 Å². The van der Waals surface area contributed by atoms with E-state index in [0.29, 0.717) is 35.1 Å². The molecule has 4 aromatic rings. The number of nitrogens with two attached hydrogens (primary N) is 1. The van der Waals surface area contributed by atoms with Gasteiger partial charge >= 0.3 is 0 Å². The van der Waals surface area contributed by atoms with Gasteiger partial charge < -0.3 is 25.7 Å². The van der Waals surface area contributed by atoms with Gasteiger partial charge in [0, 0.05) is 25.0 Å². The molecule has 5 N–H and O–H groups in total. The van der Waals surface area contributed by atoms with E-state index in [1.807, 2.05) is 0 Å². The highest BCUT2D eigenvalue weighted by atomic mass is 16.6. The number of hydrogen-bond donors (Lipinski definition) is 4. The maximum atomic E-state index is 10.9. The maximum Gasteiger partial charge on any atom is 0.167 e. The van der Waals surface area contributed by atoms with E-state index in [1.165, 1.54) is 31.1 Å². The number of hydrogen-bond acceptors (Lipinski definition) is 9. The van der Waals surface area contributed by atoms with Crippen LogP contribution in [-0.2, 0) is 16.6 Å². The minimum Gasteiger partial charge on any atom is -0.387 e. The first kappa shape index (κ1) is 26.8. The largest absolute Gasteiger partial charge is 0.387 e. The Morgan fingerprint density at radius 3 is 2.73 bits per heavy atom. The predicted molar refractivity (Wildman–Crippen MR) is 155 cm³/mol. The van der Waals surface area contributed by atoms with Crippen LogP contribution in [0.1, 0.15) is 70.5 Å². The molecule has 41 heavy (non-hydrogen) atoms. The number of H-pyrrole nitrogens is 1. The zero-order valence-corrected chi connectivity index (χ0v) is 23.9. The molecule has 1 aliphatic heterocycles. The molecule has 2 saturated carbocycles. The fourth-order valence-corrected chi connectivity index (χ4v) is 6.74. The van der Waals surface area contributed by atoms with Crippen molar-refractivity contribution in [2.45, 2.75) is 101 Å². The summed E-state index contributed by atoms with van der Waals surface area (Å²) < 4.78 is 7.87. The molecule has 3 aromatic heterocycles. The molecule has 218 valence electrons. The minimum atomic E-state index is -1.11. The molecule has 0 spiro atoms. The van der Waals surface area contributed by atoms with Crippen molar-refractivity contribution in [2.75, 3.05) is 12.3 Å². The monoisotopic (exact) mass is 560 g/mol. The molecule has 3 fully saturated rings. The molecular formula is C30H40N8O3. The fraction of sp³-hybridized carbons (Fsp3) is 0.600. The van der Waals surface area contributed by atoms with Crippen molar-refractivity contribution in [1.82, 2.24) is 34.4 Å². The van der Waals surface area contributed by atoms with E-state index in [1.54, 1.807) is 4.57 Å². The third kappa shape index (κ3) is 4.78.